The number of nitro groups is 1. The smallest absolute Gasteiger partial charge is 0.363 e. The van der Waals surface area contributed by atoms with Gasteiger partial charge in [-0.15, -0.1) is 0 Å². The van der Waals surface area contributed by atoms with Crippen LogP contribution in [0.2, 0.25) is 5.02 Å². The molecule has 2 aromatic carbocycles. The van der Waals surface area contributed by atoms with Crippen molar-refractivity contribution >= 4 is 29.1 Å². The van der Waals surface area contributed by atoms with E-state index in [2.05, 4.69) is 0 Å². The van der Waals surface area contributed by atoms with Crippen molar-refractivity contribution in [2.24, 2.45) is 0 Å². The Morgan fingerprint density at radius 1 is 1.25 bits per heavy atom. The Morgan fingerprint density at radius 3 is 2.71 bits per heavy atom. The topological polar surface area (TPSA) is 64.8 Å². The van der Waals surface area contributed by atoms with Crippen molar-refractivity contribution in [2.75, 3.05) is 11.9 Å². The lowest BCUT2D eigenvalue weighted by molar-refractivity contribution is -0.386. The highest BCUT2D eigenvalue weighted by Crippen LogP contribution is 2.50. The second-order valence-corrected chi connectivity index (χ2v) is 6.18. The Balaban J connectivity index is 1.89. The van der Waals surface area contributed by atoms with Crippen molar-refractivity contribution in [1.29, 1.82) is 0 Å². The third-order valence-electron chi connectivity index (χ3n) is 4.29. The molecule has 0 N–H and O–H groups in total. The molecule has 0 aliphatic carbocycles. The average molecular weight is 345 g/mol. The van der Waals surface area contributed by atoms with Crippen LogP contribution in [0.1, 0.15) is 12.5 Å². The van der Waals surface area contributed by atoms with Crippen molar-refractivity contribution in [3.8, 4) is 11.5 Å². The Hall–Kier alpha value is -2.73. The van der Waals surface area contributed by atoms with Crippen LogP contribution in [-0.4, -0.2) is 17.9 Å². The van der Waals surface area contributed by atoms with Crippen LogP contribution in [0.25, 0.3) is 6.08 Å². The summed E-state index contributed by atoms with van der Waals surface area (Å²) in [6, 6.07) is 10.4. The third-order valence-corrected chi connectivity index (χ3v) is 4.50. The van der Waals surface area contributed by atoms with Gasteiger partial charge in [0.2, 0.25) is 5.75 Å². The molecule has 122 valence electrons. The number of nitrogens with zero attached hydrogens (tertiary/aromatic N) is 2. The summed E-state index contributed by atoms with van der Waals surface area (Å²) >= 11 is 6.00. The predicted octanol–water partition coefficient (Wildman–Crippen LogP) is 4.23. The molecular weight excluding hydrogens is 332 g/mol. The second-order valence-electron chi connectivity index (χ2n) is 5.74. The van der Waals surface area contributed by atoms with E-state index >= 15 is 0 Å². The molecule has 0 bridgehead atoms. The van der Waals surface area contributed by atoms with E-state index in [0.717, 1.165) is 11.3 Å². The van der Waals surface area contributed by atoms with Gasteiger partial charge >= 0.3 is 11.6 Å². The van der Waals surface area contributed by atoms with Crippen molar-refractivity contribution in [3.63, 3.8) is 0 Å². The molecule has 4 rings (SSSR count). The zero-order chi connectivity index (χ0) is 17.1. The summed E-state index contributed by atoms with van der Waals surface area (Å²) in [4.78, 5) is 12.7. The molecule has 24 heavy (non-hydrogen) atoms. The lowest BCUT2D eigenvalue weighted by atomic mass is 10.0. The van der Waals surface area contributed by atoms with Gasteiger partial charge in [-0.2, -0.15) is 0 Å². The van der Waals surface area contributed by atoms with Crippen LogP contribution in [0.15, 0.2) is 42.0 Å². The number of nitro benzene ring substituents is 1. The molecule has 2 heterocycles. The van der Waals surface area contributed by atoms with E-state index in [-0.39, 0.29) is 16.5 Å². The molecule has 1 atom stereocenters. The molecule has 1 spiro atoms. The van der Waals surface area contributed by atoms with Gasteiger partial charge in [0.05, 0.1) is 10.6 Å². The number of ether oxygens (including phenoxy) is 2. The number of fused-ring (bicyclic) bond motifs is 2. The number of rotatable bonds is 1. The first kappa shape index (κ1) is 14.8. The number of anilines is 1. The minimum Gasteiger partial charge on any atom is -0.429 e. The molecule has 2 aromatic rings. The van der Waals surface area contributed by atoms with Gasteiger partial charge in [-0.05, 0) is 31.2 Å². The van der Waals surface area contributed by atoms with Gasteiger partial charge in [-0.1, -0.05) is 23.7 Å². The summed E-state index contributed by atoms with van der Waals surface area (Å²) in [5.41, 5.74) is 1.99. The fourth-order valence-corrected chi connectivity index (χ4v) is 3.35. The summed E-state index contributed by atoms with van der Waals surface area (Å²) in [6.45, 7) is 1.86. The molecule has 0 amide bonds. The molecule has 2 aliphatic heterocycles. The standard InChI is InChI=1S/C17H13ClN2O4/c1-10-7-11-8-12(18)9-14(20(21)22)16(11)24-17(10)19(2)13-5-3-4-6-15(13)23-17/h3-9H,1-2H3. The Kier molecular flexibility index (Phi) is 3.02. The van der Waals surface area contributed by atoms with Gasteiger partial charge in [-0.3, -0.25) is 15.0 Å². The highest BCUT2D eigenvalue weighted by molar-refractivity contribution is 6.31. The molecule has 0 fully saturated rings. The third kappa shape index (κ3) is 1.89. The predicted molar refractivity (Wildman–Crippen MR) is 90.6 cm³/mol. The zero-order valence-corrected chi connectivity index (χ0v) is 13.7. The summed E-state index contributed by atoms with van der Waals surface area (Å²) in [5, 5.41) is 11.7. The van der Waals surface area contributed by atoms with Crippen LogP contribution >= 0.6 is 11.6 Å². The molecule has 2 aliphatic rings. The van der Waals surface area contributed by atoms with Gasteiger partial charge < -0.3 is 9.47 Å². The van der Waals surface area contributed by atoms with E-state index in [1.165, 1.54) is 6.07 Å². The first-order chi connectivity index (χ1) is 11.4. The fraction of sp³-hybridized carbons (Fsp3) is 0.176. The zero-order valence-electron chi connectivity index (χ0n) is 12.9. The van der Waals surface area contributed by atoms with E-state index in [1.807, 2.05) is 43.1 Å². The first-order valence-corrected chi connectivity index (χ1v) is 7.68. The van der Waals surface area contributed by atoms with E-state index < -0.39 is 10.8 Å². The SMILES string of the molecule is CC1=Cc2cc(Cl)cc([N+](=O)[O-])c2OC12Oc1ccccc1N2C. The second kappa shape index (κ2) is 4.88. The average Bonchev–Trinajstić information content (AvgIpc) is 2.82. The highest BCUT2D eigenvalue weighted by atomic mass is 35.5. The molecule has 0 saturated heterocycles. The van der Waals surface area contributed by atoms with Crippen LogP contribution in [0.5, 0.6) is 11.5 Å². The number of likely N-dealkylation sites (N-methyl/N-ethyl adjacent to an activating group) is 1. The molecule has 6 nitrogen and oxygen atoms in total. The maximum atomic E-state index is 11.4. The van der Waals surface area contributed by atoms with Crippen LogP contribution < -0.4 is 14.4 Å². The van der Waals surface area contributed by atoms with Crippen LogP contribution in [0, 0.1) is 10.1 Å². The molecule has 0 radical (unpaired) electrons. The number of hydrogen-bond donors (Lipinski definition) is 0. The quantitative estimate of drug-likeness (QED) is 0.572. The van der Waals surface area contributed by atoms with Gasteiger partial charge in [0.25, 0.3) is 0 Å². The summed E-state index contributed by atoms with van der Waals surface area (Å²) < 4.78 is 12.1. The minimum absolute atomic E-state index is 0.148. The molecule has 1 unspecified atom stereocenters. The van der Waals surface area contributed by atoms with Crippen molar-refractivity contribution in [1.82, 2.24) is 0 Å². The van der Waals surface area contributed by atoms with E-state index in [9.17, 15) is 10.1 Å². The highest BCUT2D eigenvalue weighted by Gasteiger charge is 2.51. The number of para-hydroxylation sites is 2. The summed E-state index contributed by atoms with van der Waals surface area (Å²) in [7, 11) is 1.83. The van der Waals surface area contributed by atoms with Crippen LogP contribution in [0.4, 0.5) is 11.4 Å². The van der Waals surface area contributed by atoms with Crippen molar-refractivity contribution in [2.45, 2.75) is 12.8 Å². The maximum absolute atomic E-state index is 11.4. The van der Waals surface area contributed by atoms with Gasteiger partial charge in [0, 0.05) is 29.3 Å². The first-order valence-electron chi connectivity index (χ1n) is 7.30. The molecule has 0 saturated carbocycles. The van der Waals surface area contributed by atoms with Gasteiger partial charge in [-0.25, -0.2) is 0 Å². The van der Waals surface area contributed by atoms with E-state index in [0.29, 0.717) is 11.3 Å². The minimum atomic E-state index is -1.24. The van der Waals surface area contributed by atoms with Gasteiger partial charge in [0.15, 0.2) is 0 Å². The van der Waals surface area contributed by atoms with E-state index in [1.54, 1.807) is 12.1 Å². The normalized spacial score (nSPS) is 20.8. The lowest BCUT2D eigenvalue weighted by Crippen LogP contribution is -2.54. The monoisotopic (exact) mass is 344 g/mol. The summed E-state index contributed by atoms with van der Waals surface area (Å²) in [5.74, 6) is -0.433. The molecule has 0 aromatic heterocycles. The fourth-order valence-electron chi connectivity index (χ4n) is 3.13. The van der Waals surface area contributed by atoms with Crippen LogP contribution in [-0.2, 0) is 0 Å². The summed E-state index contributed by atoms with van der Waals surface area (Å²) in [6.07, 6.45) is 1.81. The Labute approximate surface area is 143 Å². The Morgan fingerprint density at radius 2 is 2.00 bits per heavy atom. The van der Waals surface area contributed by atoms with Crippen molar-refractivity contribution in [3.05, 3.63) is 62.7 Å². The molecule has 7 heteroatoms. The molecular formula is C17H13ClN2O4. The number of benzene rings is 2. The number of hydrogen-bond acceptors (Lipinski definition) is 5. The van der Waals surface area contributed by atoms with Crippen molar-refractivity contribution < 1.29 is 14.4 Å². The number of halogens is 1. The van der Waals surface area contributed by atoms with E-state index in [4.69, 9.17) is 21.1 Å². The largest absolute Gasteiger partial charge is 0.429 e. The van der Waals surface area contributed by atoms with Gasteiger partial charge in [0.1, 0.15) is 5.75 Å². The Bertz CT molecular complexity index is 911. The lowest BCUT2D eigenvalue weighted by Gasteiger charge is -2.38. The van der Waals surface area contributed by atoms with Crippen LogP contribution in [0.3, 0.4) is 0 Å². The maximum Gasteiger partial charge on any atom is 0.363 e.